The Bertz CT molecular complexity index is 547. The van der Waals surface area contributed by atoms with E-state index in [1.807, 2.05) is 0 Å². The number of amides is 1. The molecule has 0 bridgehead atoms. The molecule has 108 valence electrons. The maximum absolute atomic E-state index is 12.1. The second-order valence-corrected chi connectivity index (χ2v) is 4.29. The van der Waals surface area contributed by atoms with E-state index in [1.165, 1.54) is 19.2 Å². The molecule has 0 saturated heterocycles. The number of non-ortho nitro benzene ring substituents is 1. The number of halogens is 1. The Morgan fingerprint density at radius 2 is 2.10 bits per heavy atom. The third-order valence-electron chi connectivity index (χ3n) is 2.41. The van der Waals surface area contributed by atoms with Gasteiger partial charge in [0.1, 0.15) is 6.54 Å². The predicted octanol–water partition coefficient (Wildman–Crippen LogP) is 1.88. The van der Waals surface area contributed by atoms with E-state index in [4.69, 9.17) is 16.3 Å². The van der Waals surface area contributed by atoms with E-state index >= 15 is 0 Å². The third kappa shape index (κ3) is 3.92. The summed E-state index contributed by atoms with van der Waals surface area (Å²) in [5.41, 5.74) is -0.122. The Morgan fingerprint density at radius 1 is 1.45 bits per heavy atom. The topological polar surface area (TPSA) is 89.8 Å². The van der Waals surface area contributed by atoms with E-state index < -0.39 is 16.8 Å². The molecule has 20 heavy (non-hydrogen) atoms. The second kappa shape index (κ2) is 6.85. The number of nitro benzene ring substituents is 1. The van der Waals surface area contributed by atoms with Crippen LogP contribution in [-0.2, 0) is 9.53 Å². The molecule has 8 heteroatoms. The molecule has 0 spiro atoms. The Balaban J connectivity index is 2.86. The largest absolute Gasteiger partial charge is 0.465 e. The number of esters is 1. The minimum atomic E-state index is -0.609. The number of ether oxygens (including phenoxy) is 1. The first-order valence-corrected chi connectivity index (χ1v) is 6.09. The summed E-state index contributed by atoms with van der Waals surface area (Å²) in [7, 11) is 1.41. The average molecular weight is 301 g/mol. The van der Waals surface area contributed by atoms with Gasteiger partial charge in [-0.1, -0.05) is 11.6 Å². The maximum Gasteiger partial charge on any atom is 0.325 e. The zero-order valence-corrected chi connectivity index (χ0v) is 11.7. The van der Waals surface area contributed by atoms with Gasteiger partial charge in [-0.25, -0.2) is 0 Å². The van der Waals surface area contributed by atoms with Gasteiger partial charge in [0.25, 0.3) is 11.6 Å². The van der Waals surface area contributed by atoms with Crippen molar-refractivity contribution < 1.29 is 19.2 Å². The molecule has 0 fully saturated rings. The van der Waals surface area contributed by atoms with Gasteiger partial charge in [0, 0.05) is 19.2 Å². The smallest absolute Gasteiger partial charge is 0.325 e. The van der Waals surface area contributed by atoms with Crippen LogP contribution in [-0.4, -0.2) is 41.9 Å². The Kier molecular flexibility index (Phi) is 5.45. The monoisotopic (exact) mass is 300 g/mol. The summed E-state index contributed by atoms with van der Waals surface area (Å²) in [6.07, 6.45) is 0. The van der Waals surface area contributed by atoms with Crippen LogP contribution in [0.4, 0.5) is 5.69 Å². The molecule has 1 amide bonds. The molecule has 0 aliphatic carbocycles. The second-order valence-electron chi connectivity index (χ2n) is 3.89. The molecule has 1 aromatic rings. The lowest BCUT2D eigenvalue weighted by molar-refractivity contribution is -0.384. The average Bonchev–Trinajstić information content (AvgIpc) is 2.37. The molecule has 1 aromatic carbocycles. The lowest BCUT2D eigenvalue weighted by Crippen LogP contribution is -2.33. The molecule has 0 aromatic heterocycles. The van der Waals surface area contributed by atoms with Crippen molar-refractivity contribution in [2.45, 2.75) is 6.92 Å². The maximum atomic E-state index is 12.1. The van der Waals surface area contributed by atoms with E-state index in [1.54, 1.807) is 6.92 Å². The molecule has 0 unspecified atom stereocenters. The minimum Gasteiger partial charge on any atom is -0.465 e. The van der Waals surface area contributed by atoms with E-state index in [0.29, 0.717) is 0 Å². The molecule has 1 rings (SSSR count). The summed E-state index contributed by atoms with van der Waals surface area (Å²) in [5.74, 6) is -1.06. The fourth-order valence-corrected chi connectivity index (χ4v) is 1.72. The number of likely N-dealkylation sites (N-methyl/N-ethyl adjacent to an activating group) is 1. The molecule has 7 nitrogen and oxygen atoms in total. The van der Waals surface area contributed by atoms with E-state index in [0.717, 1.165) is 11.0 Å². The van der Waals surface area contributed by atoms with Crippen LogP contribution >= 0.6 is 11.6 Å². The fourth-order valence-electron chi connectivity index (χ4n) is 1.47. The highest BCUT2D eigenvalue weighted by molar-refractivity contribution is 6.34. The van der Waals surface area contributed by atoms with Crippen LogP contribution in [0.25, 0.3) is 0 Å². The van der Waals surface area contributed by atoms with E-state index in [-0.39, 0.29) is 29.4 Å². The van der Waals surface area contributed by atoms with Gasteiger partial charge in [0.15, 0.2) is 0 Å². The summed E-state index contributed by atoms with van der Waals surface area (Å²) in [4.78, 5) is 34.4. The van der Waals surface area contributed by atoms with Gasteiger partial charge in [-0.3, -0.25) is 19.7 Å². The zero-order chi connectivity index (χ0) is 15.3. The number of carbonyl (C=O) groups is 2. The lowest BCUT2D eigenvalue weighted by atomic mass is 10.2. The predicted molar refractivity (Wildman–Crippen MR) is 71.7 cm³/mol. The molecule has 0 atom stereocenters. The van der Waals surface area contributed by atoms with Crippen LogP contribution in [0.1, 0.15) is 17.3 Å². The molecular formula is C12H13ClN2O5. The van der Waals surface area contributed by atoms with Gasteiger partial charge in [-0.15, -0.1) is 0 Å². The third-order valence-corrected chi connectivity index (χ3v) is 2.72. The van der Waals surface area contributed by atoms with E-state index in [2.05, 4.69) is 0 Å². The first-order chi connectivity index (χ1) is 9.36. The van der Waals surface area contributed by atoms with Crippen molar-refractivity contribution in [1.29, 1.82) is 0 Å². The summed E-state index contributed by atoms with van der Waals surface area (Å²) >= 11 is 5.84. The van der Waals surface area contributed by atoms with Gasteiger partial charge in [0.05, 0.1) is 22.1 Å². The number of nitro groups is 1. The zero-order valence-electron chi connectivity index (χ0n) is 11.0. The molecule has 0 aliphatic rings. The summed E-state index contributed by atoms with van der Waals surface area (Å²) < 4.78 is 4.72. The van der Waals surface area contributed by atoms with Gasteiger partial charge >= 0.3 is 5.97 Å². The van der Waals surface area contributed by atoms with Crippen molar-refractivity contribution in [2.75, 3.05) is 20.2 Å². The van der Waals surface area contributed by atoms with Crippen LogP contribution < -0.4 is 0 Å². The highest BCUT2D eigenvalue weighted by Gasteiger charge is 2.20. The lowest BCUT2D eigenvalue weighted by Gasteiger charge is -2.16. The van der Waals surface area contributed by atoms with Crippen LogP contribution in [0.3, 0.4) is 0 Å². The van der Waals surface area contributed by atoms with Gasteiger partial charge in [0.2, 0.25) is 0 Å². The first-order valence-electron chi connectivity index (χ1n) is 5.71. The molecule has 0 radical (unpaired) electrons. The van der Waals surface area contributed by atoms with Crippen LogP contribution in [0.2, 0.25) is 5.02 Å². The quantitative estimate of drug-likeness (QED) is 0.470. The highest BCUT2D eigenvalue weighted by atomic mass is 35.5. The SMILES string of the molecule is CCOC(=O)CN(C)C(=O)c1ccc([N+](=O)[O-])cc1Cl. The molecule has 0 aliphatic heterocycles. The van der Waals surface area contributed by atoms with Crippen molar-refractivity contribution in [3.8, 4) is 0 Å². The standard InChI is InChI=1S/C12H13ClN2O5/c1-3-20-11(16)7-14(2)12(17)9-5-4-8(15(18)19)6-10(9)13/h4-6H,3,7H2,1-2H3. The van der Waals surface area contributed by atoms with Gasteiger partial charge < -0.3 is 9.64 Å². The number of hydrogen-bond acceptors (Lipinski definition) is 5. The van der Waals surface area contributed by atoms with E-state index in [9.17, 15) is 19.7 Å². The van der Waals surface area contributed by atoms with Crippen LogP contribution in [0, 0.1) is 10.1 Å². The molecule has 0 saturated carbocycles. The first kappa shape index (κ1) is 15.9. The number of hydrogen-bond donors (Lipinski definition) is 0. The number of rotatable bonds is 5. The summed E-state index contributed by atoms with van der Waals surface area (Å²) in [6, 6.07) is 3.52. The number of benzene rings is 1. The minimum absolute atomic E-state index is 0.0418. The van der Waals surface area contributed by atoms with Gasteiger partial charge in [-0.2, -0.15) is 0 Å². The fraction of sp³-hybridized carbons (Fsp3) is 0.333. The summed E-state index contributed by atoms with van der Waals surface area (Å²) in [6.45, 7) is 1.66. The summed E-state index contributed by atoms with van der Waals surface area (Å²) in [5, 5.41) is 10.5. The number of nitrogens with zero attached hydrogens (tertiary/aromatic N) is 2. The Morgan fingerprint density at radius 3 is 2.60 bits per heavy atom. The van der Waals surface area contributed by atoms with Crippen LogP contribution in [0.5, 0.6) is 0 Å². The highest BCUT2D eigenvalue weighted by Crippen LogP contribution is 2.23. The van der Waals surface area contributed by atoms with Crippen LogP contribution in [0.15, 0.2) is 18.2 Å². The molecule has 0 heterocycles. The van der Waals surface area contributed by atoms with Crippen molar-refractivity contribution in [1.82, 2.24) is 4.90 Å². The Labute approximate surface area is 120 Å². The molecule has 0 N–H and O–H groups in total. The Hall–Kier alpha value is -2.15. The van der Waals surface area contributed by atoms with Crippen molar-refractivity contribution in [2.24, 2.45) is 0 Å². The van der Waals surface area contributed by atoms with Crippen molar-refractivity contribution >= 4 is 29.2 Å². The van der Waals surface area contributed by atoms with Gasteiger partial charge in [-0.05, 0) is 13.0 Å². The van der Waals surface area contributed by atoms with Crippen molar-refractivity contribution in [3.63, 3.8) is 0 Å². The molecular weight excluding hydrogens is 288 g/mol. The number of carbonyl (C=O) groups excluding carboxylic acids is 2. The van der Waals surface area contributed by atoms with Crippen molar-refractivity contribution in [3.05, 3.63) is 38.9 Å². The normalized spacial score (nSPS) is 9.95.